The first kappa shape index (κ1) is 14.0. The van der Waals surface area contributed by atoms with Gasteiger partial charge in [0, 0.05) is 31.5 Å². The third kappa shape index (κ3) is 3.20. The van der Waals surface area contributed by atoms with Gasteiger partial charge in [0.05, 0.1) is 4.90 Å². The normalized spacial score (nSPS) is 14.1. The molecule has 1 aliphatic rings. The van der Waals surface area contributed by atoms with Crippen LogP contribution in [0.1, 0.15) is 0 Å². The van der Waals surface area contributed by atoms with Crippen LogP contribution in [0.4, 0.5) is 0 Å². The highest BCUT2D eigenvalue weighted by atomic mass is 32.2. The van der Waals surface area contributed by atoms with Crippen LogP contribution in [0.25, 0.3) is 0 Å². The molecule has 2 aromatic rings. The van der Waals surface area contributed by atoms with Gasteiger partial charge in [-0.25, -0.2) is 13.1 Å². The fourth-order valence-electron chi connectivity index (χ4n) is 2.10. The highest BCUT2D eigenvalue weighted by Crippen LogP contribution is 2.32. The van der Waals surface area contributed by atoms with Crippen molar-refractivity contribution in [3.8, 4) is 11.5 Å². The van der Waals surface area contributed by atoms with Gasteiger partial charge in [-0.15, -0.1) is 0 Å². The lowest BCUT2D eigenvalue weighted by atomic mass is 10.3. The fraction of sp³-hybridized carbons (Fsp3) is 0.286. The Balaban J connectivity index is 1.69. The molecule has 0 amide bonds. The molecule has 0 saturated carbocycles. The molecule has 2 heterocycles. The molecule has 0 unspecified atom stereocenters. The molecule has 0 saturated heterocycles. The molecule has 1 N–H and O–H groups in total. The SMILES string of the molecule is O=S(=O)(NCCn1cccc1)c1ccc2c(c1)OCCO2. The molecular weight excluding hydrogens is 292 g/mol. The van der Waals surface area contributed by atoms with Gasteiger partial charge in [-0.05, 0) is 24.3 Å². The monoisotopic (exact) mass is 308 g/mol. The minimum atomic E-state index is -3.55. The number of nitrogens with zero attached hydrogens (tertiary/aromatic N) is 1. The maximum Gasteiger partial charge on any atom is 0.240 e. The molecule has 112 valence electrons. The molecule has 7 heteroatoms. The third-order valence-electron chi connectivity index (χ3n) is 3.15. The van der Waals surface area contributed by atoms with E-state index in [1.165, 1.54) is 12.1 Å². The summed E-state index contributed by atoms with van der Waals surface area (Å²) < 4.78 is 39.7. The van der Waals surface area contributed by atoms with Crippen molar-refractivity contribution in [2.45, 2.75) is 11.4 Å². The van der Waals surface area contributed by atoms with E-state index in [2.05, 4.69) is 4.72 Å². The van der Waals surface area contributed by atoms with Crippen molar-refractivity contribution in [2.75, 3.05) is 19.8 Å². The summed E-state index contributed by atoms with van der Waals surface area (Å²) in [4.78, 5) is 0.180. The number of aromatic nitrogens is 1. The van der Waals surface area contributed by atoms with Crippen LogP contribution in [-0.2, 0) is 16.6 Å². The van der Waals surface area contributed by atoms with Crippen LogP contribution in [-0.4, -0.2) is 32.7 Å². The first-order valence-electron chi connectivity index (χ1n) is 6.65. The van der Waals surface area contributed by atoms with Crippen LogP contribution in [0, 0.1) is 0 Å². The molecule has 0 radical (unpaired) electrons. The quantitative estimate of drug-likeness (QED) is 0.902. The lowest BCUT2D eigenvalue weighted by Crippen LogP contribution is -2.27. The predicted molar refractivity (Wildman–Crippen MR) is 77.1 cm³/mol. The molecular formula is C14H16N2O4S. The standard InChI is InChI=1S/C14H16N2O4S/c17-21(18,15-5-8-16-6-1-2-7-16)12-3-4-13-14(11-12)20-10-9-19-13/h1-4,6-7,11,15H,5,8-10H2. The molecule has 0 spiro atoms. The Bertz CT molecular complexity index is 711. The summed E-state index contributed by atoms with van der Waals surface area (Å²) in [6.45, 7) is 1.81. The summed E-state index contributed by atoms with van der Waals surface area (Å²) in [6, 6.07) is 8.43. The number of fused-ring (bicyclic) bond motifs is 1. The van der Waals surface area contributed by atoms with Gasteiger partial charge >= 0.3 is 0 Å². The maximum absolute atomic E-state index is 12.2. The summed E-state index contributed by atoms with van der Waals surface area (Å²) in [6.07, 6.45) is 3.77. The van der Waals surface area contributed by atoms with Gasteiger partial charge in [-0.1, -0.05) is 0 Å². The Labute approximate surface area is 123 Å². The van der Waals surface area contributed by atoms with Gasteiger partial charge in [0.2, 0.25) is 10.0 Å². The molecule has 0 fully saturated rings. The third-order valence-corrected chi connectivity index (χ3v) is 4.61. The number of hydrogen-bond donors (Lipinski definition) is 1. The van der Waals surface area contributed by atoms with Crippen LogP contribution in [0.3, 0.4) is 0 Å². The minimum Gasteiger partial charge on any atom is -0.486 e. The van der Waals surface area contributed by atoms with Gasteiger partial charge < -0.3 is 14.0 Å². The zero-order chi connectivity index (χ0) is 14.7. The lowest BCUT2D eigenvalue weighted by molar-refractivity contribution is 0.171. The van der Waals surface area contributed by atoms with Crippen molar-refractivity contribution in [1.82, 2.24) is 9.29 Å². The zero-order valence-corrected chi connectivity index (χ0v) is 12.2. The fourth-order valence-corrected chi connectivity index (χ4v) is 3.14. The number of ether oxygens (including phenoxy) is 2. The Morgan fingerprint density at radius 3 is 2.57 bits per heavy atom. The van der Waals surface area contributed by atoms with E-state index in [1.807, 2.05) is 29.1 Å². The number of rotatable bonds is 5. The van der Waals surface area contributed by atoms with Gasteiger partial charge in [-0.3, -0.25) is 0 Å². The van der Waals surface area contributed by atoms with Crippen LogP contribution in [0.5, 0.6) is 11.5 Å². The first-order valence-corrected chi connectivity index (χ1v) is 8.13. The molecule has 3 rings (SSSR count). The Kier molecular flexibility index (Phi) is 3.85. The number of benzene rings is 1. The molecule has 21 heavy (non-hydrogen) atoms. The summed E-state index contributed by atoms with van der Waals surface area (Å²) >= 11 is 0. The first-order chi connectivity index (χ1) is 10.1. The molecule has 0 atom stereocenters. The average Bonchev–Trinajstić information content (AvgIpc) is 3.00. The van der Waals surface area contributed by atoms with Gasteiger partial charge in [0.1, 0.15) is 13.2 Å². The Morgan fingerprint density at radius 2 is 1.81 bits per heavy atom. The van der Waals surface area contributed by atoms with E-state index in [9.17, 15) is 8.42 Å². The van der Waals surface area contributed by atoms with Gasteiger partial charge in [-0.2, -0.15) is 0 Å². The second-order valence-electron chi connectivity index (χ2n) is 4.62. The van der Waals surface area contributed by atoms with Crippen LogP contribution >= 0.6 is 0 Å². The van der Waals surface area contributed by atoms with Crippen molar-refractivity contribution >= 4 is 10.0 Å². The number of hydrogen-bond acceptors (Lipinski definition) is 4. The minimum absolute atomic E-state index is 0.180. The topological polar surface area (TPSA) is 69.6 Å². The second-order valence-corrected chi connectivity index (χ2v) is 6.39. The predicted octanol–water partition coefficient (Wildman–Crippen LogP) is 1.24. The molecule has 0 bridgehead atoms. The number of nitrogens with one attached hydrogen (secondary N) is 1. The zero-order valence-electron chi connectivity index (χ0n) is 11.4. The van der Waals surface area contributed by atoms with Gasteiger partial charge in [0.25, 0.3) is 0 Å². The number of sulfonamides is 1. The molecule has 1 aromatic heterocycles. The largest absolute Gasteiger partial charge is 0.486 e. The van der Waals surface area contributed by atoms with Crippen molar-refractivity contribution in [3.63, 3.8) is 0 Å². The molecule has 6 nitrogen and oxygen atoms in total. The van der Waals surface area contributed by atoms with E-state index in [4.69, 9.17) is 9.47 Å². The molecule has 1 aromatic carbocycles. The van der Waals surface area contributed by atoms with E-state index < -0.39 is 10.0 Å². The Morgan fingerprint density at radius 1 is 1.10 bits per heavy atom. The van der Waals surface area contributed by atoms with E-state index >= 15 is 0 Å². The van der Waals surface area contributed by atoms with E-state index in [1.54, 1.807) is 6.07 Å². The van der Waals surface area contributed by atoms with Gasteiger partial charge in [0.15, 0.2) is 11.5 Å². The summed E-state index contributed by atoms with van der Waals surface area (Å²) in [5.74, 6) is 1.04. The van der Waals surface area contributed by atoms with Crippen LogP contribution in [0.15, 0.2) is 47.6 Å². The highest BCUT2D eigenvalue weighted by molar-refractivity contribution is 7.89. The second kappa shape index (κ2) is 5.79. The summed E-state index contributed by atoms with van der Waals surface area (Å²) in [5, 5.41) is 0. The summed E-state index contributed by atoms with van der Waals surface area (Å²) in [5.41, 5.74) is 0. The maximum atomic E-state index is 12.2. The Hall–Kier alpha value is -1.99. The van der Waals surface area contributed by atoms with Crippen LogP contribution < -0.4 is 14.2 Å². The van der Waals surface area contributed by atoms with E-state index in [0.29, 0.717) is 37.8 Å². The van der Waals surface area contributed by atoms with Crippen molar-refractivity contribution in [1.29, 1.82) is 0 Å². The molecule has 1 aliphatic heterocycles. The van der Waals surface area contributed by atoms with Crippen LogP contribution in [0.2, 0.25) is 0 Å². The average molecular weight is 308 g/mol. The van der Waals surface area contributed by atoms with Crippen molar-refractivity contribution in [3.05, 3.63) is 42.7 Å². The van der Waals surface area contributed by atoms with Crippen molar-refractivity contribution < 1.29 is 17.9 Å². The van der Waals surface area contributed by atoms with E-state index in [0.717, 1.165) is 0 Å². The van der Waals surface area contributed by atoms with Crippen molar-refractivity contribution in [2.24, 2.45) is 0 Å². The highest BCUT2D eigenvalue weighted by Gasteiger charge is 2.18. The molecule has 0 aliphatic carbocycles. The summed E-state index contributed by atoms with van der Waals surface area (Å²) in [7, 11) is -3.55. The van der Waals surface area contributed by atoms with E-state index in [-0.39, 0.29) is 4.90 Å². The lowest BCUT2D eigenvalue weighted by Gasteiger charge is -2.19. The smallest absolute Gasteiger partial charge is 0.240 e.